The number of benzene rings is 1. The van der Waals surface area contributed by atoms with E-state index >= 15 is 0 Å². The minimum atomic E-state index is -0.501. The Balaban J connectivity index is 2.53. The highest BCUT2D eigenvalue weighted by atomic mass is 16.5. The molecule has 0 aromatic heterocycles. The Bertz CT molecular complexity index is 398. The van der Waals surface area contributed by atoms with Gasteiger partial charge in [0, 0.05) is 12.1 Å². The predicted octanol–water partition coefficient (Wildman–Crippen LogP) is 3.33. The highest BCUT2D eigenvalue weighted by Crippen LogP contribution is 2.28. The standard InChI is InChI=1S/C17H29NO2/c1-6-13(2)15-9-7-8-10-16(15)20-12-14(19)11-18-17(3,4)5/h7-10,13-14,18-19H,6,11-12H2,1-5H3/t13-,14+/m0/s1. The van der Waals surface area contributed by atoms with Crippen LogP contribution in [0, 0.1) is 0 Å². The maximum absolute atomic E-state index is 9.97. The number of hydrogen-bond acceptors (Lipinski definition) is 3. The van der Waals surface area contributed by atoms with Gasteiger partial charge in [0.05, 0.1) is 0 Å². The van der Waals surface area contributed by atoms with Gasteiger partial charge in [0.2, 0.25) is 0 Å². The first-order chi connectivity index (χ1) is 9.33. The number of hydrogen-bond donors (Lipinski definition) is 2. The zero-order valence-corrected chi connectivity index (χ0v) is 13.4. The van der Waals surface area contributed by atoms with Crippen molar-refractivity contribution < 1.29 is 9.84 Å². The van der Waals surface area contributed by atoms with E-state index < -0.39 is 6.10 Å². The molecule has 3 nitrogen and oxygen atoms in total. The van der Waals surface area contributed by atoms with Gasteiger partial charge < -0.3 is 15.2 Å². The Kier molecular flexibility index (Phi) is 6.50. The van der Waals surface area contributed by atoms with Crippen molar-refractivity contribution >= 4 is 0 Å². The molecule has 0 fully saturated rings. The summed E-state index contributed by atoms with van der Waals surface area (Å²) in [5, 5.41) is 13.2. The van der Waals surface area contributed by atoms with Gasteiger partial charge in [-0.1, -0.05) is 32.0 Å². The van der Waals surface area contributed by atoms with E-state index in [2.05, 4.69) is 46.0 Å². The fourth-order valence-corrected chi connectivity index (χ4v) is 1.91. The van der Waals surface area contributed by atoms with Crippen molar-refractivity contribution in [1.29, 1.82) is 0 Å². The Morgan fingerprint density at radius 1 is 1.25 bits per heavy atom. The molecule has 0 bridgehead atoms. The van der Waals surface area contributed by atoms with Gasteiger partial charge in [-0.2, -0.15) is 0 Å². The summed E-state index contributed by atoms with van der Waals surface area (Å²) in [6, 6.07) is 8.08. The van der Waals surface area contributed by atoms with Crippen LogP contribution in [0.25, 0.3) is 0 Å². The van der Waals surface area contributed by atoms with Gasteiger partial charge in [-0.05, 0) is 44.7 Å². The second kappa shape index (κ2) is 7.65. The number of aliphatic hydroxyl groups is 1. The second-order valence-corrected chi connectivity index (χ2v) is 6.44. The topological polar surface area (TPSA) is 41.5 Å². The summed E-state index contributed by atoms with van der Waals surface area (Å²) in [5.41, 5.74) is 1.22. The van der Waals surface area contributed by atoms with Crippen molar-refractivity contribution in [3.05, 3.63) is 29.8 Å². The van der Waals surface area contributed by atoms with Crippen molar-refractivity contribution in [2.45, 2.75) is 58.6 Å². The van der Waals surface area contributed by atoms with Gasteiger partial charge in [-0.3, -0.25) is 0 Å². The number of nitrogens with one attached hydrogen (secondary N) is 1. The molecule has 0 aliphatic heterocycles. The van der Waals surface area contributed by atoms with E-state index in [1.54, 1.807) is 0 Å². The first-order valence-electron chi connectivity index (χ1n) is 7.48. The maximum atomic E-state index is 9.97. The molecule has 1 aromatic carbocycles. The quantitative estimate of drug-likeness (QED) is 0.804. The normalized spacial score (nSPS) is 14.9. The maximum Gasteiger partial charge on any atom is 0.122 e. The third-order valence-corrected chi connectivity index (χ3v) is 3.36. The van der Waals surface area contributed by atoms with Crippen molar-refractivity contribution in [2.75, 3.05) is 13.2 Å². The molecule has 0 radical (unpaired) electrons. The molecule has 0 spiro atoms. The molecule has 0 unspecified atom stereocenters. The number of ether oxygens (including phenoxy) is 1. The largest absolute Gasteiger partial charge is 0.491 e. The zero-order valence-electron chi connectivity index (χ0n) is 13.4. The van der Waals surface area contributed by atoms with Gasteiger partial charge in [-0.25, -0.2) is 0 Å². The predicted molar refractivity (Wildman–Crippen MR) is 84.4 cm³/mol. The molecule has 2 atom stereocenters. The molecule has 0 saturated carbocycles. The van der Waals surface area contributed by atoms with Gasteiger partial charge in [-0.15, -0.1) is 0 Å². The molecule has 3 heteroatoms. The smallest absolute Gasteiger partial charge is 0.122 e. The molecule has 1 aromatic rings. The lowest BCUT2D eigenvalue weighted by Gasteiger charge is -2.23. The second-order valence-electron chi connectivity index (χ2n) is 6.44. The van der Waals surface area contributed by atoms with Crippen molar-refractivity contribution in [1.82, 2.24) is 5.32 Å². The molecule has 2 N–H and O–H groups in total. The minimum absolute atomic E-state index is 0.00954. The van der Waals surface area contributed by atoms with Crippen molar-refractivity contribution in [2.24, 2.45) is 0 Å². The summed E-state index contributed by atoms with van der Waals surface area (Å²) in [5.74, 6) is 1.35. The van der Waals surface area contributed by atoms with Crippen LogP contribution in [0.2, 0.25) is 0 Å². The van der Waals surface area contributed by atoms with Crippen LogP contribution in [-0.2, 0) is 0 Å². The van der Waals surface area contributed by atoms with Gasteiger partial charge >= 0.3 is 0 Å². The monoisotopic (exact) mass is 279 g/mol. The van der Waals surface area contributed by atoms with E-state index in [0.29, 0.717) is 19.1 Å². The van der Waals surface area contributed by atoms with Crippen LogP contribution in [0.4, 0.5) is 0 Å². The molecule has 0 aliphatic rings. The van der Waals surface area contributed by atoms with Crippen molar-refractivity contribution in [3.63, 3.8) is 0 Å². The zero-order chi connectivity index (χ0) is 15.2. The van der Waals surface area contributed by atoms with Crippen LogP contribution >= 0.6 is 0 Å². The Morgan fingerprint density at radius 2 is 1.90 bits per heavy atom. The molecule has 0 amide bonds. The Hall–Kier alpha value is -1.06. The van der Waals surface area contributed by atoms with Crippen molar-refractivity contribution in [3.8, 4) is 5.75 Å². The fourth-order valence-electron chi connectivity index (χ4n) is 1.91. The average Bonchev–Trinajstić information content (AvgIpc) is 2.41. The van der Waals surface area contributed by atoms with Crippen LogP contribution in [0.15, 0.2) is 24.3 Å². The summed E-state index contributed by atoms with van der Waals surface area (Å²) >= 11 is 0. The number of aliphatic hydroxyl groups excluding tert-OH is 1. The Morgan fingerprint density at radius 3 is 2.50 bits per heavy atom. The lowest BCUT2D eigenvalue weighted by molar-refractivity contribution is 0.0994. The number of β-amino-alcohol motifs (C(OH)–C–C–N with tert-alkyl or cyclic N) is 1. The molecule has 0 aliphatic carbocycles. The van der Waals surface area contributed by atoms with Crippen LogP contribution in [0.1, 0.15) is 52.5 Å². The summed E-state index contributed by atoms with van der Waals surface area (Å²) in [7, 11) is 0. The summed E-state index contributed by atoms with van der Waals surface area (Å²) in [4.78, 5) is 0. The molecule has 0 heterocycles. The van der Waals surface area contributed by atoms with E-state index in [9.17, 15) is 5.11 Å². The first-order valence-corrected chi connectivity index (χ1v) is 7.48. The van der Waals surface area contributed by atoms with E-state index in [4.69, 9.17) is 4.74 Å². The molecular formula is C17H29NO2. The number of para-hydroxylation sites is 1. The molecule has 114 valence electrons. The highest BCUT2D eigenvalue weighted by molar-refractivity contribution is 5.35. The van der Waals surface area contributed by atoms with Crippen LogP contribution < -0.4 is 10.1 Å². The lowest BCUT2D eigenvalue weighted by Crippen LogP contribution is -2.42. The van der Waals surface area contributed by atoms with E-state index in [0.717, 1.165) is 12.2 Å². The summed E-state index contributed by atoms with van der Waals surface area (Å²) in [6.45, 7) is 11.5. The van der Waals surface area contributed by atoms with Crippen LogP contribution in [-0.4, -0.2) is 29.9 Å². The highest BCUT2D eigenvalue weighted by Gasteiger charge is 2.14. The third-order valence-electron chi connectivity index (χ3n) is 3.36. The molecular weight excluding hydrogens is 250 g/mol. The molecule has 1 rings (SSSR count). The Labute approximate surface area is 123 Å². The van der Waals surface area contributed by atoms with E-state index in [1.807, 2.05) is 18.2 Å². The SMILES string of the molecule is CC[C@H](C)c1ccccc1OC[C@H](O)CNC(C)(C)C. The van der Waals surface area contributed by atoms with Crippen LogP contribution in [0.3, 0.4) is 0 Å². The minimum Gasteiger partial charge on any atom is -0.491 e. The summed E-state index contributed by atoms with van der Waals surface area (Å²) in [6.07, 6.45) is 0.577. The number of rotatable bonds is 7. The molecule has 20 heavy (non-hydrogen) atoms. The van der Waals surface area contributed by atoms with E-state index in [-0.39, 0.29) is 5.54 Å². The lowest BCUT2D eigenvalue weighted by atomic mass is 9.98. The summed E-state index contributed by atoms with van der Waals surface area (Å²) < 4.78 is 5.80. The average molecular weight is 279 g/mol. The first kappa shape index (κ1) is 17.0. The van der Waals surface area contributed by atoms with Gasteiger partial charge in [0.1, 0.15) is 18.5 Å². The van der Waals surface area contributed by atoms with Crippen LogP contribution in [0.5, 0.6) is 5.75 Å². The van der Waals surface area contributed by atoms with E-state index in [1.165, 1.54) is 5.56 Å². The molecule has 0 saturated heterocycles. The fraction of sp³-hybridized carbons (Fsp3) is 0.647. The van der Waals surface area contributed by atoms with Gasteiger partial charge in [0.25, 0.3) is 0 Å². The van der Waals surface area contributed by atoms with Gasteiger partial charge in [0.15, 0.2) is 0 Å². The third kappa shape index (κ3) is 5.93.